The van der Waals surface area contributed by atoms with Crippen molar-refractivity contribution < 1.29 is 5.11 Å². The van der Waals surface area contributed by atoms with Crippen LogP contribution < -0.4 is 10.2 Å². The molecule has 3 heteroatoms. The minimum Gasteiger partial charge on any atom is -0.390 e. The van der Waals surface area contributed by atoms with Crippen LogP contribution in [0.5, 0.6) is 0 Å². The number of likely N-dealkylation sites (N-methyl/N-ethyl adjacent to an activating group) is 1. The van der Waals surface area contributed by atoms with Crippen molar-refractivity contribution in [1.29, 1.82) is 0 Å². The fraction of sp³-hybridized carbons (Fsp3) is 0.600. The van der Waals surface area contributed by atoms with Crippen molar-refractivity contribution in [3.05, 3.63) is 29.8 Å². The number of benzene rings is 1. The third-order valence-electron chi connectivity index (χ3n) is 2.89. The number of aryl methyl sites for hydroxylation is 1. The van der Waals surface area contributed by atoms with Gasteiger partial charge in [-0.2, -0.15) is 0 Å². The summed E-state index contributed by atoms with van der Waals surface area (Å²) in [6, 6.07) is 8.36. The summed E-state index contributed by atoms with van der Waals surface area (Å²) in [5, 5.41) is 13.2. The third-order valence-corrected chi connectivity index (χ3v) is 2.89. The van der Waals surface area contributed by atoms with Crippen LogP contribution in [0.3, 0.4) is 0 Å². The van der Waals surface area contributed by atoms with Crippen molar-refractivity contribution in [3.63, 3.8) is 0 Å². The molecule has 1 aromatic carbocycles. The number of nitrogens with zero attached hydrogens (tertiary/aromatic N) is 1. The van der Waals surface area contributed by atoms with Crippen LogP contribution in [0.15, 0.2) is 24.3 Å². The fourth-order valence-corrected chi connectivity index (χ4v) is 1.82. The highest BCUT2D eigenvalue weighted by Gasteiger charge is 2.08. The number of nitrogens with one attached hydrogen (secondary N) is 1. The van der Waals surface area contributed by atoms with Gasteiger partial charge in [0.05, 0.1) is 6.10 Å². The maximum Gasteiger partial charge on any atom is 0.0839 e. The van der Waals surface area contributed by atoms with Gasteiger partial charge in [-0.3, -0.25) is 0 Å². The molecule has 2 N–H and O–H groups in total. The summed E-state index contributed by atoms with van der Waals surface area (Å²) in [6.07, 6.45) is -0.338. The first-order valence-electron chi connectivity index (χ1n) is 6.65. The molecule has 0 aliphatic rings. The van der Waals surface area contributed by atoms with E-state index < -0.39 is 0 Å². The lowest BCUT2D eigenvalue weighted by Crippen LogP contribution is -2.37. The largest absolute Gasteiger partial charge is 0.390 e. The van der Waals surface area contributed by atoms with Crippen LogP contribution in [0.25, 0.3) is 0 Å². The van der Waals surface area contributed by atoms with Gasteiger partial charge in [-0.1, -0.05) is 31.5 Å². The molecule has 0 spiro atoms. The van der Waals surface area contributed by atoms with Crippen molar-refractivity contribution in [2.75, 3.05) is 31.6 Å². The summed E-state index contributed by atoms with van der Waals surface area (Å²) < 4.78 is 0. The summed E-state index contributed by atoms with van der Waals surface area (Å²) in [4.78, 5) is 2.08. The summed E-state index contributed by atoms with van der Waals surface area (Å²) in [5.74, 6) is 0.618. The molecule has 102 valence electrons. The molecule has 0 fully saturated rings. The Bertz CT molecular complexity index is 335. The Hall–Kier alpha value is -1.06. The van der Waals surface area contributed by atoms with Gasteiger partial charge in [-0.05, 0) is 31.5 Å². The molecule has 0 saturated carbocycles. The maximum atomic E-state index is 9.94. The van der Waals surface area contributed by atoms with Crippen molar-refractivity contribution in [2.24, 2.45) is 5.92 Å². The minimum atomic E-state index is -0.338. The first-order chi connectivity index (χ1) is 8.49. The molecule has 0 radical (unpaired) electrons. The topological polar surface area (TPSA) is 35.5 Å². The summed E-state index contributed by atoms with van der Waals surface area (Å²) >= 11 is 0. The Morgan fingerprint density at radius 1 is 1.17 bits per heavy atom. The average Bonchev–Trinajstić information content (AvgIpc) is 2.29. The highest BCUT2D eigenvalue weighted by Crippen LogP contribution is 2.13. The maximum absolute atomic E-state index is 9.94. The van der Waals surface area contributed by atoms with Crippen LogP contribution in [0.4, 0.5) is 5.69 Å². The Morgan fingerprint density at radius 3 is 2.33 bits per heavy atom. The van der Waals surface area contributed by atoms with Crippen LogP contribution >= 0.6 is 0 Å². The normalized spacial score (nSPS) is 12.8. The molecule has 0 aliphatic heterocycles. The van der Waals surface area contributed by atoms with E-state index in [2.05, 4.69) is 55.3 Å². The van der Waals surface area contributed by atoms with E-state index in [0.717, 1.165) is 12.2 Å². The molecule has 0 aliphatic carbocycles. The van der Waals surface area contributed by atoms with Gasteiger partial charge < -0.3 is 15.3 Å². The first-order valence-corrected chi connectivity index (χ1v) is 6.65. The molecule has 18 heavy (non-hydrogen) atoms. The van der Waals surface area contributed by atoms with Crippen molar-refractivity contribution in [2.45, 2.75) is 26.9 Å². The molecule has 0 heterocycles. The standard InChI is InChI=1S/C15H26N2O/c1-12(2)9-16-10-15(18)11-17(4)14-7-5-13(3)6-8-14/h5-8,12,15-16,18H,9-11H2,1-4H3. The van der Waals surface area contributed by atoms with E-state index in [1.54, 1.807) is 0 Å². The molecule has 1 atom stereocenters. The summed E-state index contributed by atoms with van der Waals surface area (Å²) in [5.41, 5.74) is 2.40. The zero-order valence-electron chi connectivity index (χ0n) is 12.0. The molecular formula is C15H26N2O. The molecule has 1 aromatic rings. The molecule has 0 bridgehead atoms. The highest BCUT2D eigenvalue weighted by molar-refractivity contribution is 5.46. The first kappa shape index (κ1) is 15.0. The van der Waals surface area contributed by atoms with Gasteiger partial charge in [0.2, 0.25) is 0 Å². The lowest BCUT2D eigenvalue weighted by atomic mass is 10.2. The SMILES string of the molecule is Cc1ccc(N(C)CC(O)CNCC(C)C)cc1. The van der Waals surface area contributed by atoms with Crippen LogP contribution in [-0.2, 0) is 0 Å². The van der Waals surface area contributed by atoms with Gasteiger partial charge in [0.15, 0.2) is 0 Å². The lowest BCUT2D eigenvalue weighted by Gasteiger charge is -2.23. The van der Waals surface area contributed by atoms with Crippen LogP contribution in [0.1, 0.15) is 19.4 Å². The Morgan fingerprint density at radius 2 is 1.78 bits per heavy atom. The Labute approximate surface area is 111 Å². The smallest absolute Gasteiger partial charge is 0.0839 e. The van der Waals surface area contributed by atoms with Crippen LogP contribution in [0.2, 0.25) is 0 Å². The van der Waals surface area contributed by atoms with Gasteiger partial charge in [-0.25, -0.2) is 0 Å². The van der Waals surface area contributed by atoms with Crippen LogP contribution in [-0.4, -0.2) is 37.9 Å². The minimum absolute atomic E-state index is 0.338. The quantitative estimate of drug-likeness (QED) is 0.777. The lowest BCUT2D eigenvalue weighted by molar-refractivity contribution is 0.177. The Balaban J connectivity index is 2.34. The van der Waals surface area contributed by atoms with Gasteiger partial charge >= 0.3 is 0 Å². The second kappa shape index (κ2) is 7.39. The molecule has 1 rings (SSSR count). The van der Waals surface area contributed by atoms with E-state index >= 15 is 0 Å². The van der Waals surface area contributed by atoms with E-state index in [4.69, 9.17) is 0 Å². The zero-order valence-corrected chi connectivity index (χ0v) is 12.0. The summed E-state index contributed by atoms with van der Waals surface area (Å²) in [7, 11) is 2.01. The summed E-state index contributed by atoms with van der Waals surface area (Å²) in [6.45, 7) is 8.65. The monoisotopic (exact) mass is 250 g/mol. The zero-order chi connectivity index (χ0) is 13.5. The third kappa shape index (κ3) is 5.52. The molecule has 3 nitrogen and oxygen atoms in total. The Kier molecular flexibility index (Phi) is 6.16. The number of hydrogen-bond donors (Lipinski definition) is 2. The van der Waals surface area contributed by atoms with Gasteiger partial charge in [-0.15, -0.1) is 0 Å². The molecule has 0 saturated heterocycles. The number of hydrogen-bond acceptors (Lipinski definition) is 3. The molecule has 0 aromatic heterocycles. The fourth-order valence-electron chi connectivity index (χ4n) is 1.82. The number of aliphatic hydroxyl groups is 1. The van der Waals surface area contributed by atoms with Crippen molar-refractivity contribution in [3.8, 4) is 0 Å². The predicted octanol–water partition coefficient (Wildman–Crippen LogP) is 2.04. The second-order valence-electron chi connectivity index (χ2n) is 5.42. The number of aliphatic hydroxyl groups excluding tert-OH is 1. The van der Waals surface area contributed by atoms with E-state index in [-0.39, 0.29) is 6.10 Å². The average molecular weight is 250 g/mol. The highest BCUT2D eigenvalue weighted by atomic mass is 16.3. The van der Waals surface area contributed by atoms with E-state index in [9.17, 15) is 5.11 Å². The number of anilines is 1. The van der Waals surface area contributed by atoms with E-state index in [1.165, 1.54) is 5.56 Å². The van der Waals surface area contributed by atoms with Crippen LogP contribution in [0, 0.1) is 12.8 Å². The predicted molar refractivity (Wildman–Crippen MR) is 78.2 cm³/mol. The van der Waals surface area contributed by atoms with Gasteiger partial charge in [0, 0.05) is 25.8 Å². The second-order valence-corrected chi connectivity index (χ2v) is 5.42. The number of rotatable bonds is 7. The molecular weight excluding hydrogens is 224 g/mol. The van der Waals surface area contributed by atoms with E-state index in [1.807, 2.05) is 7.05 Å². The van der Waals surface area contributed by atoms with Gasteiger partial charge in [0.25, 0.3) is 0 Å². The van der Waals surface area contributed by atoms with E-state index in [0.29, 0.717) is 19.0 Å². The molecule has 0 amide bonds. The van der Waals surface area contributed by atoms with Gasteiger partial charge in [0.1, 0.15) is 0 Å². The van der Waals surface area contributed by atoms with Crippen molar-refractivity contribution in [1.82, 2.24) is 5.32 Å². The van der Waals surface area contributed by atoms with Crippen molar-refractivity contribution >= 4 is 5.69 Å². The molecule has 1 unspecified atom stereocenters.